The number of nitrogens with one attached hydrogen (secondary N) is 1. The summed E-state index contributed by atoms with van der Waals surface area (Å²) < 4.78 is 5.74. The lowest BCUT2D eigenvalue weighted by Crippen LogP contribution is -2.31. The van der Waals surface area contributed by atoms with Gasteiger partial charge in [-0.3, -0.25) is 4.98 Å². The van der Waals surface area contributed by atoms with Crippen LogP contribution in [-0.4, -0.2) is 24.7 Å². The van der Waals surface area contributed by atoms with Crippen molar-refractivity contribution in [1.82, 2.24) is 10.3 Å². The van der Waals surface area contributed by atoms with Gasteiger partial charge < -0.3 is 10.1 Å². The number of aromatic nitrogens is 1. The molecule has 1 aromatic heterocycles. The molecule has 3 nitrogen and oxygen atoms in total. The van der Waals surface area contributed by atoms with E-state index < -0.39 is 0 Å². The van der Waals surface area contributed by atoms with Crippen LogP contribution in [0.3, 0.4) is 0 Å². The SMILES string of the molecule is CCOC(CC)C(NC)c1ccc(C)nc1. The number of hydrogen-bond donors (Lipinski definition) is 1. The van der Waals surface area contributed by atoms with E-state index in [1.165, 1.54) is 5.56 Å². The van der Waals surface area contributed by atoms with E-state index in [1.807, 2.05) is 33.2 Å². The summed E-state index contributed by atoms with van der Waals surface area (Å²) in [6.45, 7) is 6.92. The lowest BCUT2D eigenvalue weighted by Gasteiger charge is -2.26. The van der Waals surface area contributed by atoms with Crippen molar-refractivity contribution in [2.45, 2.75) is 39.3 Å². The third kappa shape index (κ3) is 3.29. The van der Waals surface area contributed by atoms with Crippen molar-refractivity contribution in [1.29, 1.82) is 0 Å². The first kappa shape index (κ1) is 13.1. The lowest BCUT2D eigenvalue weighted by atomic mass is 10.0. The van der Waals surface area contributed by atoms with Gasteiger partial charge in [-0.15, -0.1) is 0 Å². The Morgan fingerprint density at radius 3 is 2.56 bits per heavy atom. The fourth-order valence-corrected chi connectivity index (χ4v) is 1.89. The Balaban J connectivity index is 2.83. The zero-order chi connectivity index (χ0) is 12.0. The molecule has 0 amide bonds. The van der Waals surface area contributed by atoms with Gasteiger partial charge in [-0.1, -0.05) is 13.0 Å². The van der Waals surface area contributed by atoms with E-state index in [4.69, 9.17) is 4.74 Å². The Hall–Kier alpha value is -0.930. The summed E-state index contributed by atoms with van der Waals surface area (Å²) in [5, 5.41) is 3.31. The quantitative estimate of drug-likeness (QED) is 0.803. The Morgan fingerprint density at radius 2 is 2.12 bits per heavy atom. The molecular weight excluding hydrogens is 200 g/mol. The third-order valence-electron chi connectivity index (χ3n) is 2.76. The number of rotatable bonds is 6. The van der Waals surface area contributed by atoms with Crippen LogP contribution in [0.1, 0.15) is 37.6 Å². The van der Waals surface area contributed by atoms with E-state index in [2.05, 4.69) is 23.3 Å². The smallest absolute Gasteiger partial charge is 0.0767 e. The van der Waals surface area contributed by atoms with Crippen molar-refractivity contribution in [3.05, 3.63) is 29.6 Å². The second-order valence-electron chi connectivity index (χ2n) is 3.90. The first-order valence-corrected chi connectivity index (χ1v) is 5.94. The van der Waals surface area contributed by atoms with E-state index in [9.17, 15) is 0 Å². The van der Waals surface area contributed by atoms with Crippen molar-refractivity contribution in [3.8, 4) is 0 Å². The molecule has 1 rings (SSSR count). The maximum Gasteiger partial charge on any atom is 0.0767 e. The summed E-state index contributed by atoms with van der Waals surface area (Å²) in [6, 6.07) is 4.38. The number of ether oxygens (including phenoxy) is 1. The van der Waals surface area contributed by atoms with Crippen molar-refractivity contribution >= 4 is 0 Å². The molecule has 0 radical (unpaired) electrons. The molecule has 16 heavy (non-hydrogen) atoms. The van der Waals surface area contributed by atoms with Crippen molar-refractivity contribution in [2.24, 2.45) is 0 Å². The summed E-state index contributed by atoms with van der Waals surface area (Å²) in [5.74, 6) is 0. The van der Waals surface area contributed by atoms with Crippen LogP contribution < -0.4 is 5.32 Å². The van der Waals surface area contributed by atoms with Crippen LogP contribution in [0.15, 0.2) is 18.3 Å². The van der Waals surface area contributed by atoms with Gasteiger partial charge in [-0.2, -0.15) is 0 Å². The van der Waals surface area contributed by atoms with Crippen LogP contribution in [0, 0.1) is 6.92 Å². The van der Waals surface area contributed by atoms with Gasteiger partial charge in [0.1, 0.15) is 0 Å². The molecule has 0 saturated heterocycles. The van der Waals surface area contributed by atoms with Crippen molar-refractivity contribution < 1.29 is 4.74 Å². The average molecular weight is 222 g/mol. The molecule has 0 spiro atoms. The Labute approximate surface area is 98.2 Å². The van der Waals surface area contributed by atoms with Gasteiger partial charge in [0.05, 0.1) is 12.1 Å². The van der Waals surface area contributed by atoms with Gasteiger partial charge in [0.2, 0.25) is 0 Å². The molecular formula is C13H22N2O. The first-order valence-electron chi connectivity index (χ1n) is 5.94. The molecule has 3 heteroatoms. The number of nitrogens with zero attached hydrogens (tertiary/aromatic N) is 1. The monoisotopic (exact) mass is 222 g/mol. The Bertz CT molecular complexity index is 297. The van der Waals surface area contributed by atoms with Gasteiger partial charge in [-0.25, -0.2) is 0 Å². The summed E-state index contributed by atoms with van der Waals surface area (Å²) in [7, 11) is 1.96. The highest BCUT2D eigenvalue weighted by molar-refractivity contribution is 5.18. The van der Waals surface area contributed by atoms with Crippen LogP contribution in [0.5, 0.6) is 0 Å². The van der Waals surface area contributed by atoms with Gasteiger partial charge in [-0.05, 0) is 38.9 Å². The molecule has 1 N–H and O–H groups in total. The zero-order valence-corrected chi connectivity index (χ0v) is 10.7. The predicted molar refractivity (Wildman–Crippen MR) is 66.5 cm³/mol. The van der Waals surface area contributed by atoms with Crippen LogP contribution >= 0.6 is 0 Å². The van der Waals surface area contributed by atoms with Crippen LogP contribution in [0.25, 0.3) is 0 Å². The van der Waals surface area contributed by atoms with Crippen molar-refractivity contribution in [3.63, 3.8) is 0 Å². The second kappa shape index (κ2) is 6.61. The number of hydrogen-bond acceptors (Lipinski definition) is 3. The van der Waals surface area contributed by atoms with Gasteiger partial charge in [0, 0.05) is 18.5 Å². The Kier molecular flexibility index (Phi) is 5.43. The van der Waals surface area contributed by atoms with E-state index in [0.717, 1.165) is 18.7 Å². The van der Waals surface area contributed by atoms with E-state index in [-0.39, 0.29) is 12.1 Å². The molecule has 0 aliphatic heterocycles. The topological polar surface area (TPSA) is 34.1 Å². The molecule has 1 heterocycles. The fourth-order valence-electron chi connectivity index (χ4n) is 1.89. The van der Waals surface area contributed by atoms with E-state index in [0.29, 0.717) is 0 Å². The minimum Gasteiger partial charge on any atom is -0.377 e. The molecule has 2 unspecified atom stereocenters. The highest BCUT2D eigenvalue weighted by atomic mass is 16.5. The number of pyridine rings is 1. The molecule has 0 aromatic carbocycles. The molecule has 2 atom stereocenters. The maximum absolute atomic E-state index is 5.74. The Morgan fingerprint density at radius 1 is 1.38 bits per heavy atom. The van der Waals surface area contributed by atoms with Crippen LogP contribution in [0.2, 0.25) is 0 Å². The normalized spacial score (nSPS) is 14.8. The van der Waals surface area contributed by atoms with Gasteiger partial charge in [0.25, 0.3) is 0 Å². The van der Waals surface area contributed by atoms with Gasteiger partial charge in [0.15, 0.2) is 0 Å². The van der Waals surface area contributed by atoms with Crippen LogP contribution in [-0.2, 0) is 4.74 Å². The second-order valence-corrected chi connectivity index (χ2v) is 3.90. The van der Waals surface area contributed by atoms with E-state index in [1.54, 1.807) is 0 Å². The third-order valence-corrected chi connectivity index (χ3v) is 2.76. The van der Waals surface area contributed by atoms with Crippen LogP contribution in [0.4, 0.5) is 0 Å². The molecule has 0 aliphatic rings. The highest BCUT2D eigenvalue weighted by Crippen LogP contribution is 2.20. The lowest BCUT2D eigenvalue weighted by molar-refractivity contribution is 0.0333. The highest BCUT2D eigenvalue weighted by Gasteiger charge is 2.20. The molecule has 0 saturated carbocycles. The largest absolute Gasteiger partial charge is 0.377 e. The first-order chi connectivity index (χ1) is 7.72. The summed E-state index contributed by atoms with van der Waals surface area (Å²) in [5.41, 5.74) is 2.23. The molecule has 0 aliphatic carbocycles. The number of aryl methyl sites for hydroxylation is 1. The summed E-state index contributed by atoms with van der Waals surface area (Å²) in [6.07, 6.45) is 3.13. The zero-order valence-electron chi connectivity index (χ0n) is 10.7. The van der Waals surface area contributed by atoms with Crippen molar-refractivity contribution in [2.75, 3.05) is 13.7 Å². The standard InChI is InChI=1S/C13H22N2O/c1-5-12(16-6-2)13(14-4)11-8-7-10(3)15-9-11/h7-9,12-14H,5-6H2,1-4H3. The molecule has 1 aromatic rings. The number of likely N-dealkylation sites (N-methyl/N-ethyl adjacent to an activating group) is 1. The predicted octanol–water partition coefficient (Wildman–Crippen LogP) is 2.47. The molecule has 0 bridgehead atoms. The summed E-state index contributed by atoms with van der Waals surface area (Å²) >= 11 is 0. The summed E-state index contributed by atoms with van der Waals surface area (Å²) in [4.78, 5) is 4.33. The minimum absolute atomic E-state index is 0.208. The molecule has 0 fully saturated rings. The maximum atomic E-state index is 5.74. The fraction of sp³-hybridized carbons (Fsp3) is 0.615. The minimum atomic E-state index is 0.208. The van der Waals surface area contributed by atoms with E-state index >= 15 is 0 Å². The molecule has 90 valence electrons. The average Bonchev–Trinajstić information content (AvgIpc) is 2.31. The van der Waals surface area contributed by atoms with Gasteiger partial charge >= 0.3 is 0 Å².